The van der Waals surface area contributed by atoms with E-state index in [0.717, 1.165) is 42.8 Å². The zero-order valence-corrected chi connectivity index (χ0v) is 13.4. The van der Waals surface area contributed by atoms with E-state index in [-0.39, 0.29) is 0 Å². The highest BCUT2D eigenvalue weighted by Gasteiger charge is 2.16. The number of piperidine rings is 1. The second-order valence-corrected chi connectivity index (χ2v) is 6.27. The smallest absolute Gasteiger partial charge is 0.227 e. The predicted octanol–water partition coefficient (Wildman–Crippen LogP) is 2.87. The average Bonchev–Trinajstić information content (AvgIpc) is 3.00. The predicted molar refractivity (Wildman–Crippen MR) is 87.1 cm³/mol. The van der Waals surface area contributed by atoms with Gasteiger partial charge in [-0.25, -0.2) is 9.97 Å². The molecule has 21 heavy (non-hydrogen) atoms. The molecule has 1 saturated heterocycles. The van der Waals surface area contributed by atoms with Crippen LogP contribution in [0.1, 0.15) is 30.7 Å². The Kier molecular flexibility index (Phi) is 4.34. The summed E-state index contributed by atoms with van der Waals surface area (Å²) >= 11 is 1.63. The quantitative estimate of drug-likeness (QED) is 0.869. The van der Waals surface area contributed by atoms with Crippen LogP contribution in [0.25, 0.3) is 0 Å². The summed E-state index contributed by atoms with van der Waals surface area (Å²) in [5.74, 6) is 1.84. The van der Waals surface area contributed by atoms with Gasteiger partial charge in [-0.05, 0) is 26.2 Å². The van der Waals surface area contributed by atoms with Gasteiger partial charge in [-0.15, -0.1) is 11.3 Å². The lowest BCUT2D eigenvalue weighted by atomic mass is 10.1. The van der Waals surface area contributed by atoms with Crippen molar-refractivity contribution in [3.05, 3.63) is 28.3 Å². The molecule has 0 atom stereocenters. The third-order valence-corrected chi connectivity index (χ3v) is 4.38. The Morgan fingerprint density at radius 3 is 2.76 bits per heavy atom. The molecule has 0 radical (unpaired) electrons. The fourth-order valence-corrected chi connectivity index (χ4v) is 3.16. The molecule has 0 aromatic carbocycles. The zero-order valence-electron chi connectivity index (χ0n) is 12.6. The minimum absolute atomic E-state index is 0.777. The van der Waals surface area contributed by atoms with E-state index >= 15 is 0 Å². The number of nitrogens with zero attached hydrogens (tertiary/aromatic N) is 5. The molecule has 2 aromatic heterocycles. The lowest BCUT2D eigenvalue weighted by Crippen LogP contribution is -2.31. The summed E-state index contributed by atoms with van der Waals surface area (Å²) in [5, 5.41) is 2.08. The maximum atomic E-state index is 4.75. The first-order chi connectivity index (χ1) is 10.2. The van der Waals surface area contributed by atoms with Gasteiger partial charge in [0.15, 0.2) is 0 Å². The van der Waals surface area contributed by atoms with Crippen molar-refractivity contribution in [3.8, 4) is 0 Å². The SMILES string of the molecule is Cc1cc(N(C)Cc2cscn2)nc(N2CCCCC2)n1. The van der Waals surface area contributed by atoms with Crippen LogP contribution in [0.4, 0.5) is 11.8 Å². The number of aromatic nitrogens is 3. The topological polar surface area (TPSA) is 45.2 Å². The number of anilines is 2. The normalized spacial score (nSPS) is 15.2. The largest absolute Gasteiger partial charge is 0.354 e. The molecule has 5 nitrogen and oxygen atoms in total. The molecule has 0 amide bonds. The highest BCUT2D eigenvalue weighted by Crippen LogP contribution is 2.21. The molecule has 1 aliphatic rings. The highest BCUT2D eigenvalue weighted by atomic mass is 32.1. The summed E-state index contributed by atoms with van der Waals surface area (Å²) in [7, 11) is 2.06. The number of rotatable bonds is 4. The highest BCUT2D eigenvalue weighted by molar-refractivity contribution is 7.07. The van der Waals surface area contributed by atoms with Gasteiger partial charge in [-0.2, -0.15) is 4.98 Å². The van der Waals surface area contributed by atoms with Crippen molar-refractivity contribution in [2.45, 2.75) is 32.7 Å². The van der Waals surface area contributed by atoms with E-state index in [4.69, 9.17) is 4.98 Å². The summed E-state index contributed by atoms with van der Waals surface area (Å²) in [6.07, 6.45) is 3.79. The molecule has 6 heteroatoms. The van der Waals surface area contributed by atoms with Gasteiger partial charge in [-0.3, -0.25) is 0 Å². The molecule has 3 rings (SSSR count). The van der Waals surface area contributed by atoms with Crippen molar-refractivity contribution >= 4 is 23.1 Å². The van der Waals surface area contributed by atoms with Crippen LogP contribution >= 0.6 is 11.3 Å². The van der Waals surface area contributed by atoms with Gasteiger partial charge in [0.1, 0.15) is 5.82 Å². The van der Waals surface area contributed by atoms with Crippen LogP contribution in [0.15, 0.2) is 17.0 Å². The molecule has 0 N–H and O–H groups in total. The molecule has 0 bridgehead atoms. The first-order valence-corrected chi connectivity index (χ1v) is 8.35. The van der Waals surface area contributed by atoms with Crippen molar-refractivity contribution in [2.75, 3.05) is 29.9 Å². The summed E-state index contributed by atoms with van der Waals surface area (Å²) in [4.78, 5) is 18.1. The molecule has 0 spiro atoms. The van der Waals surface area contributed by atoms with Gasteiger partial charge in [-0.1, -0.05) is 0 Å². The second kappa shape index (κ2) is 6.39. The third-order valence-electron chi connectivity index (χ3n) is 3.74. The number of thiazole rings is 1. The molecule has 0 unspecified atom stereocenters. The molecule has 2 aromatic rings. The maximum Gasteiger partial charge on any atom is 0.227 e. The molecule has 0 saturated carbocycles. The average molecular weight is 303 g/mol. The third kappa shape index (κ3) is 3.50. The second-order valence-electron chi connectivity index (χ2n) is 5.55. The van der Waals surface area contributed by atoms with Crippen LogP contribution in [-0.2, 0) is 6.54 Å². The van der Waals surface area contributed by atoms with Gasteiger partial charge in [0, 0.05) is 37.3 Å². The minimum atomic E-state index is 0.777. The molecular formula is C15H21N5S. The van der Waals surface area contributed by atoms with Gasteiger partial charge in [0.05, 0.1) is 17.7 Å². The van der Waals surface area contributed by atoms with E-state index in [2.05, 4.69) is 32.2 Å². The van der Waals surface area contributed by atoms with Crippen LogP contribution in [-0.4, -0.2) is 35.1 Å². The standard InChI is InChI=1S/C15H21N5S/c1-12-8-14(19(2)9-13-10-21-11-16-13)18-15(17-12)20-6-4-3-5-7-20/h8,10-11H,3-7,9H2,1-2H3. The Labute approximate surface area is 129 Å². The van der Waals surface area contributed by atoms with Crippen molar-refractivity contribution in [3.63, 3.8) is 0 Å². The lowest BCUT2D eigenvalue weighted by molar-refractivity contribution is 0.567. The summed E-state index contributed by atoms with van der Waals surface area (Å²) < 4.78 is 0. The van der Waals surface area contributed by atoms with Gasteiger partial charge in [0.25, 0.3) is 0 Å². The zero-order chi connectivity index (χ0) is 14.7. The Balaban J connectivity index is 1.79. The van der Waals surface area contributed by atoms with Crippen LogP contribution in [0.5, 0.6) is 0 Å². The number of aryl methyl sites for hydroxylation is 1. The Hall–Kier alpha value is -1.69. The van der Waals surface area contributed by atoms with Crippen LogP contribution in [0.2, 0.25) is 0 Å². The van der Waals surface area contributed by atoms with E-state index in [1.165, 1.54) is 19.3 Å². The number of hydrogen-bond acceptors (Lipinski definition) is 6. The van der Waals surface area contributed by atoms with E-state index in [9.17, 15) is 0 Å². The fraction of sp³-hybridized carbons (Fsp3) is 0.533. The van der Waals surface area contributed by atoms with Crippen LogP contribution in [0.3, 0.4) is 0 Å². The molecule has 112 valence electrons. The Morgan fingerprint density at radius 1 is 1.24 bits per heavy atom. The summed E-state index contributed by atoms with van der Waals surface area (Å²) in [6.45, 7) is 4.95. The summed E-state index contributed by atoms with van der Waals surface area (Å²) in [5.41, 5.74) is 3.97. The van der Waals surface area contributed by atoms with Crippen molar-refractivity contribution in [2.24, 2.45) is 0 Å². The van der Waals surface area contributed by atoms with Crippen molar-refractivity contribution in [1.82, 2.24) is 15.0 Å². The Morgan fingerprint density at radius 2 is 2.05 bits per heavy atom. The molecule has 1 fully saturated rings. The molecule has 0 aliphatic carbocycles. The number of hydrogen-bond donors (Lipinski definition) is 0. The molecule has 3 heterocycles. The van der Waals surface area contributed by atoms with Crippen molar-refractivity contribution in [1.29, 1.82) is 0 Å². The van der Waals surface area contributed by atoms with E-state index < -0.39 is 0 Å². The molecule has 1 aliphatic heterocycles. The van der Waals surface area contributed by atoms with Gasteiger partial charge < -0.3 is 9.80 Å². The van der Waals surface area contributed by atoms with E-state index in [1.54, 1.807) is 11.3 Å². The van der Waals surface area contributed by atoms with E-state index in [1.807, 2.05) is 18.5 Å². The minimum Gasteiger partial charge on any atom is -0.354 e. The first-order valence-electron chi connectivity index (χ1n) is 7.41. The van der Waals surface area contributed by atoms with Gasteiger partial charge in [0.2, 0.25) is 5.95 Å². The maximum absolute atomic E-state index is 4.75. The summed E-state index contributed by atoms with van der Waals surface area (Å²) in [6, 6.07) is 2.04. The fourth-order valence-electron chi connectivity index (χ4n) is 2.61. The van der Waals surface area contributed by atoms with Crippen LogP contribution in [0, 0.1) is 6.92 Å². The molecular weight excluding hydrogens is 282 g/mol. The van der Waals surface area contributed by atoms with Crippen LogP contribution < -0.4 is 9.80 Å². The first kappa shape index (κ1) is 14.3. The Bertz CT molecular complexity index is 578. The van der Waals surface area contributed by atoms with Gasteiger partial charge >= 0.3 is 0 Å². The lowest BCUT2D eigenvalue weighted by Gasteiger charge is -2.28. The monoisotopic (exact) mass is 303 g/mol. The van der Waals surface area contributed by atoms with E-state index in [0.29, 0.717) is 0 Å². The van der Waals surface area contributed by atoms with Crippen molar-refractivity contribution < 1.29 is 0 Å².